The van der Waals surface area contributed by atoms with Crippen molar-refractivity contribution in [3.63, 3.8) is 0 Å². The lowest BCUT2D eigenvalue weighted by Gasteiger charge is -2.07. The summed E-state index contributed by atoms with van der Waals surface area (Å²) < 4.78 is 16.3. The van der Waals surface area contributed by atoms with E-state index in [0.717, 1.165) is 28.0 Å². The van der Waals surface area contributed by atoms with E-state index in [0.29, 0.717) is 5.75 Å². The molecular formula is C19H18O3. The number of furan rings is 1. The van der Waals surface area contributed by atoms with Crippen molar-refractivity contribution in [2.75, 3.05) is 14.2 Å². The van der Waals surface area contributed by atoms with Crippen LogP contribution in [0.2, 0.25) is 0 Å². The van der Waals surface area contributed by atoms with E-state index < -0.39 is 0 Å². The molecule has 1 heterocycles. The number of ether oxygens (including phenoxy) is 2. The Morgan fingerprint density at radius 3 is 2.45 bits per heavy atom. The lowest BCUT2D eigenvalue weighted by atomic mass is 10.1. The molecule has 3 rings (SSSR count). The zero-order chi connectivity index (χ0) is 15.5. The van der Waals surface area contributed by atoms with Gasteiger partial charge in [-0.05, 0) is 48.9 Å². The number of hydrogen-bond donors (Lipinski definition) is 0. The van der Waals surface area contributed by atoms with Gasteiger partial charge in [-0.3, -0.25) is 0 Å². The van der Waals surface area contributed by atoms with Crippen LogP contribution in [-0.4, -0.2) is 14.2 Å². The molecule has 0 aliphatic carbocycles. The van der Waals surface area contributed by atoms with E-state index in [1.165, 1.54) is 5.56 Å². The first-order valence-electron chi connectivity index (χ1n) is 7.10. The first-order chi connectivity index (χ1) is 10.7. The van der Waals surface area contributed by atoms with Crippen LogP contribution in [-0.2, 0) is 0 Å². The van der Waals surface area contributed by atoms with Gasteiger partial charge in [0, 0.05) is 5.39 Å². The Labute approximate surface area is 129 Å². The van der Waals surface area contributed by atoms with Crippen LogP contribution in [0.1, 0.15) is 16.9 Å². The van der Waals surface area contributed by atoms with Crippen LogP contribution in [0.15, 0.2) is 46.9 Å². The minimum Gasteiger partial charge on any atom is -0.493 e. The van der Waals surface area contributed by atoms with Crippen molar-refractivity contribution >= 4 is 23.1 Å². The first kappa shape index (κ1) is 14.3. The van der Waals surface area contributed by atoms with Gasteiger partial charge in [0.15, 0.2) is 11.5 Å². The minimum absolute atomic E-state index is 0.713. The van der Waals surface area contributed by atoms with Gasteiger partial charge in [-0.15, -0.1) is 0 Å². The van der Waals surface area contributed by atoms with Crippen LogP contribution in [0.3, 0.4) is 0 Å². The molecule has 0 radical (unpaired) electrons. The van der Waals surface area contributed by atoms with E-state index in [4.69, 9.17) is 13.9 Å². The van der Waals surface area contributed by atoms with E-state index >= 15 is 0 Å². The fourth-order valence-electron chi connectivity index (χ4n) is 2.40. The Hall–Kier alpha value is -2.68. The van der Waals surface area contributed by atoms with Crippen molar-refractivity contribution in [3.8, 4) is 11.5 Å². The summed E-state index contributed by atoms with van der Waals surface area (Å²) in [5, 5.41) is 1.12. The molecule has 0 saturated heterocycles. The highest BCUT2D eigenvalue weighted by Gasteiger charge is 2.04. The summed E-state index contributed by atoms with van der Waals surface area (Å²) >= 11 is 0. The predicted octanol–water partition coefficient (Wildman–Crippen LogP) is 4.93. The molecule has 0 aliphatic heterocycles. The zero-order valence-corrected chi connectivity index (χ0v) is 12.9. The second-order valence-corrected chi connectivity index (χ2v) is 5.14. The number of aryl methyl sites for hydroxylation is 1. The third kappa shape index (κ3) is 2.84. The van der Waals surface area contributed by atoms with Crippen LogP contribution in [0.5, 0.6) is 11.5 Å². The maximum Gasteiger partial charge on any atom is 0.161 e. The second kappa shape index (κ2) is 5.98. The molecule has 0 bridgehead atoms. The van der Waals surface area contributed by atoms with E-state index in [2.05, 4.69) is 13.0 Å². The average Bonchev–Trinajstić information content (AvgIpc) is 2.94. The molecule has 1 aromatic heterocycles. The molecule has 3 heteroatoms. The van der Waals surface area contributed by atoms with Crippen LogP contribution in [0.4, 0.5) is 0 Å². The van der Waals surface area contributed by atoms with Crippen LogP contribution >= 0.6 is 0 Å². The van der Waals surface area contributed by atoms with Gasteiger partial charge >= 0.3 is 0 Å². The van der Waals surface area contributed by atoms with Gasteiger partial charge in [0.25, 0.3) is 0 Å². The molecule has 3 aromatic rings. The van der Waals surface area contributed by atoms with Gasteiger partial charge in [0.1, 0.15) is 11.3 Å². The van der Waals surface area contributed by atoms with Gasteiger partial charge in [0.2, 0.25) is 0 Å². The summed E-state index contributed by atoms with van der Waals surface area (Å²) in [6.45, 7) is 2.07. The first-order valence-corrected chi connectivity index (χ1v) is 7.10. The quantitative estimate of drug-likeness (QED) is 0.684. The Balaban J connectivity index is 1.89. The topological polar surface area (TPSA) is 31.6 Å². The van der Waals surface area contributed by atoms with Crippen molar-refractivity contribution in [1.29, 1.82) is 0 Å². The Bertz CT molecular complexity index is 828. The number of hydrogen-bond acceptors (Lipinski definition) is 3. The molecule has 0 atom stereocenters. The predicted molar refractivity (Wildman–Crippen MR) is 89.4 cm³/mol. The lowest BCUT2D eigenvalue weighted by Crippen LogP contribution is -1.90. The summed E-state index contributed by atoms with van der Waals surface area (Å²) in [6.07, 6.45) is 3.95. The van der Waals surface area contributed by atoms with Crippen molar-refractivity contribution < 1.29 is 13.9 Å². The normalized spacial score (nSPS) is 11.2. The Morgan fingerprint density at radius 2 is 1.68 bits per heavy atom. The molecule has 0 aliphatic rings. The van der Waals surface area contributed by atoms with Gasteiger partial charge in [-0.1, -0.05) is 23.8 Å². The van der Waals surface area contributed by atoms with Crippen LogP contribution in [0, 0.1) is 6.92 Å². The molecule has 0 spiro atoms. The maximum atomic E-state index is 5.80. The van der Waals surface area contributed by atoms with E-state index in [1.807, 2.05) is 48.6 Å². The second-order valence-electron chi connectivity index (χ2n) is 5.14. The molecular weight excluding hydrogens is 276 g/mol. The van der Waals surface area contributed by atoms with Gasteiger partial charge in [-0.25, -0.2) is 0 Å². The molecule has 22 heavy (non-hydrogen) atoms. The van der Waals surface area contributed by atoms with Crippen LogP contribution < -0.4 is 9.47 Å². The van der Waals surface area contributed by atoms with Crippen molar-refractivity contribution in [2.24, 2.45) is 0 Å². The molecule has 0 amide bonds. The van der Waals surface area contributed by atoms with Crippen LogP contribution in [0.25, 0.3) is 23.1 Å². The molecule has 0 unspecified atom stereocenters. The summed E-state index contributed by atoms with van der Waals surface area (Å²) in [5.74, 6) is 2.26. The fraction of sp³-hybridized carbons (Fsp3) is 0.158. The number of methoxy groups -OCH3 is 2. The highest BCUT2D eigenvalue weighted by Crippen LogP contribution is 2.28. The number of benzene rings is 2. The van der Waals surface area contributed by atoms with E-state index in [-0.39, 0.29) is 0 Å². The third-order valence-corrected chi connectivity index (χ3v) is 3.54. The zero-order valence-electron chi connectivity index (χ0n) is 12.9. The maximum absolute atomic E-state index is 5.80. The highest BCUT2D eigenvalue weighted by atomic mass is 16.5. The van der Waals surface area contributed by atoms with E-state index in [1.54, 1.807) is 14.2 Å². The number of rotatable bonds is 4. The monoisotopic (exact) mass is 294 g/mol. The summed E-state index contributed by atoms with van der Waals surface area (Å²) in [7, 11) is 3.26. The Morgan fingerprint density at radius 1 is 0.864 bits per heavy atom. The minimum atomic E-state index is 0.713. The lowest BCUT2D eigenvalue weighted by molar-refractivity contribution is 0.355. The number of fused-ring (bicyclic) bond motifs is 1. The summed E-state index contributed by atoms with van der Waals surface area (Å²) in [6, 6.07) is 14.0. The summed E-state index contributed by atoms with van der Waals surface area (Å²) in [5.41, 5.74) is 3.15. The van der Waals surface area contributed by atoms with E-state index in [9.17, 15) is 0 Å². The molecule has 0 fully saturated rings. The molecule has 0 saturated carbocycles. The Kier molecular flexibility index (Phi) is 3.88. The molecule has 0 N–H and O–H groups in total. The van der Waals surface area contributed by atoms with Crippen molar-refractivity contribution in [2.45, 2.75) is 6.92 Å². The third-order valence-electron chi connectivity index (χ3n) is 3.54. The van der Waals surface area contributed by atoms with Gasteiger partial charge in [0.05, 0.1) is 14.2 Å². The van der Waals surface area contributed by atoms with Gasteiger partial charge < -0.3 is 13.9 Å². The fourth-order valence-corrected chi connectivity index (χ4v) is 2.40. The van der Waals surface area contributed by atoms with Crippen molar-refractivity contribution in [1.82, 2.24) is 0 Å². The molecule has 112 valence electrons. The molecule has 2 aromatic carbocycles. The average molecular weight is 294 g/mol. The SMILES string of the molecule is COc1ccc(/C=C/c2cc3cc(C)ccc3o2)cc1OC. The molecule has 3 nitrogen and oxygen atoms in total. The smallest absolute Gasteiger partial charge is 0.161 e. The standard InChI is InChI=1S/C19H18O3/c1-13-4-8-17-15(10-13)12-16(22-17)7-5-14-6-9-18(20-2)19(11-14)21-3/h4-12H,1-3H3/b7-5+. The largest absolute Gasteiger partial charge is 0.493 e. The van der Waals surface area contributed by atoms with Crippen molar-refractivity contribution in [3.05, 3.63) is 59.4 Å². The summed E-state index contributed by atoms with van der Waals surface area (Å²) in [4.78, 5) is 0. The van der Waals surface area contributed by atoms with Gasteiger partial charge in [-0.2, -0.15) is 0 Å². The highest BCUT2D eigenvalue weighted by molar-refractivity contribution is 5.82.